The van der Waals surface area contributed by atoms with Crippen molar-refractivity contribution >= 4 is 18.6 Å². The van der Waals surface area contributed by atoms with E-state index in [1.54, 1.807) is 0 Å². The number of phenols is 2. The van der Waals surface area contributed by atoms with Gasteiger partial charge in [-0.3, -0.25) is 4.90 Å². The van der Waals surface area contributed by atoms with Gasteiger partial charge < -0.3 is 15.1 Å². The molecule has 0 saturated heterocycles. The number of hydrogen-bond donors (Lipinski definition) is 2. The fraction of sp³-hybridized carbons (Fsp3) is 0.280. The Kier molecular flexibility index (Phi) is 12.4. The van der Waals surface area contributed by atoms with Crippen LogP contribution in [0.2, 0.25) is 0 Å². The van der Waals surface area contributed by atoms with Gasteiger partial charge in [0.05, 0.1) is 0 Å². The van der Waals surface area contributed by atoms with Gasteiger partial charge in [0.1, 0.15) is 11.5 Å². The third kappa shape index (κ3) is 7.39. The molecular weight excluding hydrogens is 779 g/mol. The summed E-state index contributed by atoms with van der Waals surface area (Å²) in [6.07, 6.45) is 0. The third-order valence-corrected chi connectivity index (χ3v) is 12.6. The van der Waals surface area contributed by atoms with E-state index in [4.69, 9.17) is 18.6 Å². The van der Waals surface area contributed by atoms with E-state index in [1.165, 1.54) is 44.5 Å². The van der Waals surface area contributed by atoms with Gasteiger partial charge in [-0.25, -0.2) is 0 Å². The van der Waals surface area contributed by atoms with Crippen LogP contribution in [-0.4, -0.2) is 46.2 Å². The monoisotopic (exact) mass is 830 g/mol. The molecule has 2 aliphatic rings. The van der Waals surface area contributed by atoms with Gasteiger partial charge in [-0.1, -0.05) is 146 Å². The third-order valence-electron chi connectivity index (χ3n) is 12.6. The Bertz CT molecular complexity index is 2160. The van der Waals surface area contributed by atoms with Crippen molar-refractivity contribution in [3.8, 4) is 33.8 Å². The SMILES string of the molecule is CCN(CC)CCN(Cc1cc(C)cc(C2(C)c3ccccc3-c3ccccc32)c1O)Cc1cc(C)cc(C2(C)c3ccccc3-c3ccccc32)c1O.[Cl][Ti][Cl]. The zero-order chi connectivity index (χ0) is 40.5. The van der Waals surface area contributed by atoms with Gasteiger partial charge >= 0.3 is 35.6 Å². The van der Waals surface area contributed by atoms with Crippen molar-refractivity contribution in [2.75, 3.05) is 26.2 Å². The number of aryl methyl sites for hydroxylation is 2. The van der Waals surface area contributed by atoms with Crippen LogP contribution >= 0.6 is 18.6 Å². The maximum atomic E-state index is 12.4. The maximum absolute atomic E-state index is 12.4. The van der Waals surface area contributed by atoms with E-state index in [0.29, 0.717) is 24.6 Å². The number of fused-ring (bicyclic) bond motifs is 6. The fourth-order valence-corrected chi connectivity index (χ4v) is 9.72. The van der Waals surface area contributed by atoms with Crippen LogP contribution < -0.4 is 0 Å². The number of phenolic OH excluding ortho intramolecular Hbond substituents is 2. The number of likely N-dealkylation sites (N-methyl/N-ethyl adjacent to an activating group) is 1. The summed E-state index contributed by atoms with van der Waals surface area (Å²) in [5, 5.41) is 24.8. The molecule has 0 spiro atoms. The van der Waals surface area contributed by atoms with Gasteiger partial charge in [-0.05, 0) is 85.3 Å². The van der Waals surface area contributed by atoms with Gasteiger partial charge in [0, 0.05) is 59.3 Å². The molecule has 0 radical (unpaired) electrons. The molecule has 0 aromatic heterocycles. The summed E-state index contributed by atoms with van der Waals surface area (Å²) in [5.74, 6) is 0.701. The molecule has 6 aromatic carbocycles. The van der Waals surface area contributed by atoms with Crippen molar-refractivity contribution in [2.24, 2.45) is 0 Å². The summed E-state index contributed by atoms with van der Waals surface area (Å²) in [6, 6.07) is 43.2. The Labute approximate surface area is 355 Å². The number of rotatable bonds is 11. The summed E-state index contributed by atoms with van der Waals surface area (Å²) in [5.41, 5.74) is 14.7. The molecule has 6 aromatic rings. The molecule has 0 aliphatic heterocycles. The zero-order valence-corrected chi connectivity index (χ0v) is 36.9. The molecule has 0 unspecified atom stereocenters. The summed E-state index contributed by atoms with van der Waals surface area (Å²) in [7, 11) is 9.78. The van der Waals surface area contributed by atoms with Gasteiger partial charge in [0.25, 0.3) is 0 Å². The molecule has 0 saturated carbocycles. The number of hydrogen-bond acceptors (Lipinski definition) is 4. The van der Waals surface area contributed by atoms with Crippen molar-refractivity contribution in [1.29, 1.82) is 0 Å². The minimum absolute atomic E-state index is 0.350. The van der Waals surface area contributed by atoms with Crippen LogP contribution in [-0.2, 0) is 41.0 Å². The Morgan fingerprint density at radius 2 is 0.789 bits per heavy atom. The van der Waals surface area contributed by atoms with Gasteiger partial charge in [0.15, 0.2) is 0 Å². The molecule has 2 aliphatic carbocycles. The first-order valence-corrected chi connectivity index (χ1v) is 24.3. The Morgan fingerprint density at radius 3 is 1.11 bits per heavy atom. The molecule has 7 heteroatoms. The summed E-state index contributed by atoms with van der Waals surface area (Å²) in [6.45, 7) is 17.9. The van der Waals surface area contributed by atoms with Crippen molar-refractivity contribution in [3.63, 3.8) is 0 Å². The van der Waals surface area contributed by atoms with Gasteiger partial charge in [-0.2, -0.15) is 0 Å². The van der Waals surface area contributed by atoms with Crippen LogP contribution in [0.15, 0.2) is 121 Å². The molecule has 0 heterocycles. The second kappa shape index (κ2) is 17.2. The molecule has 0 atom stereocenters. The summed E-state index contributed by atoms with van der Waals surface area (Å²) in [4.78, 5) is 4.85. The molecular formula is C50H52Cl2N2O2Ti. The average Bonchev–Trinajstić information content (AvgIpc) is 3.64. The van der Waals surface area contributed by atoms with E-state index in [-0.39, 0.29) is 0 Å². The first-order valence-electron chi connectivity index (χ1n) is 20.0. The normalized spacial score (nSPS) is 14.1. The van der Waals surface area contributed by atoms with E-state index in [2.05, 4.69) is 173 Å². The summed E-state index contributed by atoms with van der Waals surface area (Å²) < 4.78 is 0. The molecule has 0 amide bonds. The molecule has 2 N–H and O–H groups in total. The van der Waals surface area contributed by atoms with E-state index < -0.39 is 27.9 Å². The molecule has 4 nitrogen and oxygen atoms in total. The number of benzene rings is 6. The van der Waals surface area contributed by atoms with Crippen LogP contribution in [0.25, 0.3) is 22.3 Å². The van der Waals surface area contributed by atoms with Gasteiger partial charge in [-0.15, -0.1) is 0 Å². The molecule has 57 heavy (non-hydrogen) atoms. The predicted molar refractivity (Wildman–Crippen MR) is 234 cm³/mol. The first-order chi connectivity index (χ1) is 27.5. The number of halogens is 2. The Morgan fingerprint density at radius 1 is 0.491 bits per heavy atom. The van der Waals surface area contributed by atoms with E-state index >= 15 is 0 Å². The average molecular weight is 832 g/mol. The quantitative estimate of drug-likeness (QED) is 0.128. The van der Waals surface area contributed by atoms with Crippen LogP contribution in [0.4, 0.5) is 0 Å². The van der Waals surface area contributed by atoms with Crippen molar-refractivity contribution in [1.82, 2.24) is 9.80 Å². The molecule has 0 fully saturated rings. The standard InChI is InChI=1S/C50H52N2O2.2ClH.Ti/c1-7-51(8-2)25-26-52(31-35-27-33(3)29-45(47(35)53)49(5)41-21-13-9-17-37(41)38-18-10-14-22-42(38)49)32-36-28-34(4)30-46(48(36)54)50(6)43-23-15-11-19-39(43)40-20-12-16-24-44(40)50;;;/h9-24,27-30,53-54H,7-8,25-26,31-32H2,1-6H3;2*1H;/q;;;+2/p-2. The van der Waals surface area contributed by atoms with E-state index in [9.17, 15) is 10.2 Å². The molecule has 292 valence electrons. The molecule has 0 bridgehead atoms. The summed E-state index contributed by atoms with van der Waals surface area (Å²) >= 11 is -0.556. The van der Waals surface area contributed by atoms with Crippen LogP contribution in [0.5, 0.6) is 11.5 Å². The van der Waals surface area contributed by atoms with Crippen LogP contribution in [0, 0.1) is 13.8 Å². The second-order valence-corrected chi connectivity index (χ2v) is 18.5. The zero-order valence-electron chi connectivity index (χ0n) is 33.8. The van der Waals surface area contributed by atoms with E-state index in [0.717, 1.165) is 59.6 Å². The first kappa shape index (κ1) is 41.3. The van der Waals surface area contributed by atoms with Crippen LogP contribution in [0.3, 0.4) is 0 Å². The van der Waals surface area contributed by atoms with E-state index in [1.807, 2.05) is 0 Å². The minimum atomic E-state index is -0.556. The Balaban J connectivity index is 0.00000160. The van der Waals surface area contributed by atoms with Crippen LogP contribution in [0.1, 0.15) is 83.3 Å². The molecule has 8 rings (SSSR count). The fourth-order valence-electron chi connectivity index (χ4n) is 9.72. The van der Waals surface area contributed by atoms with Crippen molar-refractivity contribution < 1.29 is 27.2 Å². The number of aromatic hydroxyl groups is 2. The van der Waals surface area contributed by atoms with Crippen molar-refractivity contribution in [3.05, 3.63) is 177 Å². The topological polar surface area (TPSA) is 46.9 Å². The van der Waals surface area contributed by atoms with Crippen molar-refractivity contribution in [2.45, 2.75) is 65.5 Å². The Hall–Kier alpha value is -3.87. The second-order valence-electron chi connectivity index (χ2n) is 15.9. The predicted octanol–water partition coefficient (Wildman–Crippen LogP) is 12.1. The van der Waals surface area contributed by atoms with Gasteiger partial charge in [0.2, 0.25) is 0 Å². The number of nitrogens with zero attached hydrogens (tertiary/aromatic N) is 2.